The number of aliphatic imine (C=N–C) groups is 1. The molecule has 0 aliphatic rings. The number of nitrogens with one attached hydrogen (secondary N) is 2. The monoisotopic (exact) mass is 446 g/mol. The van der Waals surface area contributed by atoms with E-state index in [1.807, 2.05) is 13.0 Å². The van der Waals surface area contributed by atoms with Gasteiger partial charge in [-0.2, -0.15) is 13.2 Å². The number of halogens is 3. The quantitative estimate of drug-likeness (QED) is 0.454. The van der Waals surface area contributed by atoms with Gasteiger partial charge in [0.25, 0.3) is 0 Å². The molecule has 0 atom stereocenters. The predicted molar refractivity (Wildman–Crippen MR) is 110 cm³/mol. The summed E-state index contributed by atoms with van der Waals surface area (Å²) in [7, 11) is 4.61. The number of guanidine groups is 1. The summed E-state index contributed by atoms with van der Waals surface area (Å²) in [4.78, 5) is 8.15. The Morgan fingerprint density at radius 1 is 1.10 bits per heavy atom. The van der Waals surface area contributed by atoms with E-state index >= 15 is 0 Å². The van der Waals surface area contributed by atoms with Gasteiger partial charge in [0.15, 0.2) is 23.2 Å². The van der Waals surface area contributed by atoms with E-state index < -0.39 is 11.9 Å². The van der Waals surface area contributed by atoms with Crippen molar-refractivity contribution in [3.8, 4) is 17.2 Å². The van der Waals surface area contributed by atoms with Crippen LogP contribution in [0.1, 0.15) is 23.2 Å². The van der Waals surface area contributed by atoms with E-state index in [1.165, 1.54) is 14.2 Å². The Hall–Kier alpha value is -2.69. The number of alkyl halides is 3. The molecule has 0 saturated carbocycles. The van der Waals surface area contributed by atoms with Crippen LogP contribution >= 0.6 is 11.3 Å². The number of rotatable bonds is 9. The number of hydrogen-bond acceptors (Lipinski definition) is 6. The first kappa shape index (κ1) is 23.6. The lowest BCUT2D eigenvalue weighted by Crippen LogP contribution is -2.38. The molecule has 0 amide bonds. The van der Waals surface area contributed by atoms with Crippen LogP contribution in [-0.2, 0) is 19.1 Å². The van der Waals surface area contributed by atoms with Crippen LogP contribution in [-0.4, -0.2) is 45.4 Å². The Kier molecular flexibility index (Phi) is 8.58. The number of thiazole rings is 1. The van der Waals surface area contributed by atoms with E-state index in [1.54, 1.807) is 13.2 Å². The fourth-order valence-electron chi connectivity index (χ4n) is 2.64. The highest BCUT2D eigenvalue weighted by Crippen LogP contribution is 2.40. The standard InChI is InChI=1S/C19H25F3N4O3S/c1-5-23-18(24-9-8-15-26-14(11-30-15)19(20,21)22)25-10-12-6-7-13(27-2)17(29-4)16(12)28-3/h6-7,11H,5,8-10H2,1-4H3,(H2,23,24,25). The van der Waals surface area contributed by atoms with Gasteiger partial charge in [-0.15, -0.1) is 11.3 Å². The van der Waals surface area contributed by atoms with E-state index in [0.29, 0.717) is 54.3 Å². The first-order valence-electron chi connectivity index (χ1n) is 9.15. The van der Waals surface area contributed by atoms with Crippen LogP contribution < -0.4 is 24.8 Å². The van der Waals surface area contributed by atoms with Gasteiger partial charge in [-0.1, -0.05) is 0 Å². The van der Waals surface area contributed by atoms with Crippen molar-refractivity contribution in [3.63, 3.8) is 0 Å². The summed E-state index contributed by atoms with van der Waals surface area (Å²) in [5, 5.41) is 7.64. The van der Waals surface area contributed by atoms with Crippen LogP contribution in [0.15, 0.2) is 22.5 Å². The fraction of sp³-hybridized carbons (Fsp3) is 0.474. The number of ether oxygens (including phenoxy) is 3. The van der Waals surface area contributed by atoms with E-state index in [9.17, 15) is 13.2 Å². The molecule has 1 heterocycles. The van der Waals surface area contributed by atoms with Gasteiger partial charge in [0.05, 0.1) is 32.9 Å². The first-order chi connectivity index (χ1) is 14.3. The largest absolute Gasteiger partial charge is 0.493 e. The van der Waals surface area contributed by atoms with Crippen molar-refractivity contribution in [3.05, 3.63) is 33.8 Å². The molecular formula is C19H25F3N4O3S. The van der Waals surface area contributed by atoms with Gasteiger partial charge >= 0.3 is 6.18 Å². The van der Waals surface area contributed by atoms with E-state index in [-0.39, 0.29) is 0 Å². The highest BCUT2D eigenvalue weighted by atomic mass is 32.1. The van der Waals surface area contributed by atoms with E-state index in [2.05, 4.69) is 20.6 Å². The number of aromatic nitrogens is 1. The van der Waals surface area contributed by atoms with Crippen LogP contribution in [0.25, 0.3) is 0 Å². The Morgan fingerprint density at radius 3 is 2.40 bits per heavy atom. The summed E-state index contributed by atoms with van der Waals surface area (Å²) >= 11 is 0.990. The Morgan fingerprint density at radius 2 is 1.83 bits per heavy atom. The molecule has 166 valence electrons. The highest BCUT2D eigenvalue weighted by molar-refractivity contribution is 7.09. The minimum Gasteiger partial charge on any atom is -0.493 e. The molecule has 11 heteroatoms. The molecule has 1 aromatic heterocycles. The van der Waals surface area contributed by atoms with Gasteiger partial charge in [0.2, 0.25) is 5.75 Å². The van der Waals surface area contributed by atoms with Crippen molar-refractivity contribution in [1.29, 1.82) is 0 Å². The topological polar surface area (TPSA) is 77.0 Å². The van der Waals surface area contributed by atoms with Crippen LogP contribution in [0.4, 0.5) is 13.2 Å². The minimum absolute atomic E-state index is 0.300. The smallest absolute Gasteiger partial charge is 0.434 e. The fourth-order valence-corrected chi connectivity index (χ4v) is 3.44. The number of hydrogen-bond donors (Lipinski definition) is 2. The maximum Gasteiger partial charge on any atom is 0.434 e. The van der Waals surface area contributed by atoms with Crippen molar-refractivity contribution in [2.24, 2.45) is 4.99 Å². The molecular weight excluding hydrogens is 421 g/mol. The maximum atomic E-state index is 12.6. The van der Waals surface area contributed by atoms with Gasteiger partial charge in [-0.25, -0.2) is 9.98 Å². The normalized spacial score (nSPS) is 11.9. The zero-order valence-corrected chi connectivity index (χ0v) is 18.0. The summed E-state index contributed by atoms with van der Waals surface area (Å²) in [5.41, 5.74) is -0.0642. The Labute approximate surface area is 177 Å². The predicted octanol–water partition coefficient (Wildman–Crippen LogP) is 3.49. The second-order valence-electron chi connectivity index (χ2n) is 5.99. The van der Waals surface area contributed by atoms with E-state index in [4.69, 9.17) is 14.2 Å². The molecule has 0 radical (unpaired) electrons. The zero-order chi connectivity index (χ0) is 22.1. The molecule has 7 nitrogen and oxygen atoms in total. The van der Waals surface area contributed by atoms with Crippen LogP contribution in [0.5, 0.6) is 17.2 Å². The summed E-state index contributed by atoms with van der Waals surface area (Å²) in [6, 6.07) is 3.61. The lowest BCUT2D eigenvalue weighted by atomic mass is 10.1. The van der Waals surface area contributed by atoms with Crippen molar-refractivity contribution >= 4 is 17.3 Å². The molecule has 2 rings (SSSR count). The second kappa shape index (κ2) is 10.9. The molecule has 0 fully saturated rings. The summed E-state index contributed by atoms with van der Waals surface area (Å²) < 4.78 is 54.1. The molecule has 2 N–H and O–H groups in total. The van der Waals surface area contributed by atoms with Gasteiger partial charge < -0.3 is 24.8 Å². The average molecular weight is 446 g/mol. The van der Waals surface area contributed by atoms with Crippen molar-refractivity contribution in [2.75, 3.05) is 34.4 Å². The summed E-state index contributed by atoms with van der Waals surface area (Å²) in [6.07, 6.45) is -4.07. The van der Waals surface area contributed by atoms with Gasteiger partial charge in [0.1, 0.15) is 0 Å². The van der Waals surface area contributed by atoms with Gasteiger partial charge in [-0.3, -0.25) is 0 Å². The minimum atomic E-state index is -4.42. The molecule has 30 heavy (non-hydrogen) atoms. The SMILES string of the molecule is CCNC(=NCc1ccc(OC)c(OC)c1OC)NCCc1nc(C(F)(F)F)cs1. The number of nitrogens with zero attached hydrogens (tertiary/aromatic N) is 2. The molecule has 0 aliphatic carbocycles. The lowest BCUT2D eigenvalue weighted by molar-refractivity contribution is -0.140. The molecule has 0 unspecified atom stereocenters. The number of benzene rings is 1. The third-order valence-electron chi connectivity index (χ3n) is 4.01. The average Bonchev–Trinajstić information content (AvgIpc) is 3.20. The van der Waals surface area contributed by atoms with Gasteiger partial charge in [-0.05, 0) is 19.1 Å². The van der Waals surface area contributed by atoms with E-state index in [0.717, 1.165) is 22.3 Å². The highest BCUT2D eigenvalue weighted by Gasteiger charge is 2.33. The van der Waals surface area contributed by atoms with Crippen LogP contribution in [0.2, 0.25) is 0 Å². The second-order valence-corrected chi connectivity index (χ2v) is 6.93. The molecule has 0 spiro atoms. The third kappa shape index (κ3) is 6.15. The number of methoxy groups -OCH3 is 3. The van der Waals surface area contributed by atoms with Gasteiger partial charge in [0, 0.05) is 30.5 Å². The van der Waals surface area contributed by atoms with Crippen molar-refractivity contribution < 1.29 is 27.4 Å². The molecule has 0 bridgehead atoms. The third-order valence-corrected chi connectivity index (χ3v) is 4.92. The van der Waals surface area contributed by atoms with Crippen molar-refractivity contribution in [1.82, 2.24) is 15.6 Å². The molecule has 0 saturated heterocycles. The van der Waals surface area contributed by atoms with Crippen molar-refractivity contribution in [2.45, 2.75) is 26.1 Å². The lowest BCUT2D eigenvalue weighted by Gasteiger charge is -2.15. The Balaban J connectivity index is 2.05. The summed E-state index contributed by atoms with van der Waals surface area (Å²) in [6.45, 7) is 3.24. The first-order valence-corrected chi connectivity index (χ1v) is 10.0. The molecule has 2 aromatic rings. The maximum absolute atomic E-state index is 12.6. The molecule has 0 aliphatic heterocycles. The zero-order valence-electron chi connectivity index (χ0n) is 17.2. The summed E-state index contributed by atoms with van der Waals surface area (Å²) in [5.74, 6) is 2.09. The molecule has 1 aromatic carbocycles. The Bertz CT molecular complexity index is 856. The van der Waals surface area contributed by atoms with Crippen LogP contribution in [0, 0.1) is 0 Å². The van der Waals surface area contributed by atoms with Crippen LogP contribution in [0.3, 0.4) is 0 Å².